The Morgan fingerprint density at radius 2 is 0.404 bits per heavy atom. The molecule has 0 spiro atoms. The number of hydrogen-bond acceptors (Lipinski definition) is 8. The monoisotopic (exact) mass is 753 g/mol. The SMILES string of the molecule is C[C@@H](O)CO[C@H](C)[C@H](C)C(C)(C)C.C[C@H](O)CO[C@@H](C)[C@@H](C)C(C)(C)C.C[C@H](O)CO[C@H](C)[C@H](C)C(C)(C)C.C[C@H](OC[C@@H](C)O)[C@@H](C)C(C)(C)C. The normalized spacial score (nSPS) is 19.6. The van der Waals surface area contributed by atoms with Crippen molar-refractivity contribution in [3.8, 4) is 0 Å². The third-order valence-electron chi connectivity index (χ3n) is 10.7. The van der Waals surface area contributed by atoms with Crippen LogP contribution in [0.3, 0.4) is 0 Å². The third kappa shape index (κ3) is 33.1. The summed E-state index contributed by atoms with van der Waals surface area (Å²) in [5.74, 6) is 1.97. The van der Waals surface area contributed by atoms with Crippen LogP contribution in [0.5, 0.6) is 0 Å². The van der Waals surface area contributed by atoms with Gasteiger partial charge in [0.25, 0.3) is 0 Å². The van der Waals surface area contributed by atoms with Crippen LogP contribution in [0.15, 0.2) is 0 Å². The Hall–Kier alpha value is -0.320. The summed E-state index contributed by atoms with van der Waals surface area (Å²) in [7, 11) is 0. The van der Waals surface area contributed by atoms with Crippen molar-refractivity contribution in [3.63, 3.8) is 0 Å². The van der Waals surface area contributed by atoms with E-state index in [1.54, 1.807) is 27.7 Å². The second-order valence-electron chi connectivity index (χ2n) is 20.2. The zero-order valence-electron chi connectivity index (χ0n) is 39.2. The van der Waals surface area contributed by atoms with E-state index in [0.717, 1.165) is 0 Å². The summed E-state index contributed by atoms with van der Waals surface area (Å²) in [5.41, 5.74) is 1.05. The first-order valence-electron chi connectivity index (χ1n) is 20.2. The minimum atomic E-state index is -0.366. The van der Waals surface area contributed by atoms with Crippen molar-refractivity contribution in [1.29, 1.82) is 0 Å². The summed E-state index contributed by atoms with van der Waals surface area (Å²) in [6.07, 6.45) is -0.651. The van der Waals surface area contributed by atoms with Crippen molar-refractivity contribution in [2.75, 3.05) is 26.4 Å². The van der Waals surface area contributed by atoms with Gasteiger partial charge in [0.15, 0.2) is 0 Å². The van der Waals surface area contributed by atoms with E-state index < -0.39 is 0 Å². The Labute approximate surface area is 325 Å². The smallest absolute Gasteiger partial charge is 0.0745 e. The maximum Gasteiger partial charge on any atom is 0.0745 e. The van der Waals surface area contributed by atoms with E-state index >= 15 is 0 Å². The first kappa shape index (κ1) is 58.4. The number of rotatable bonds is 16. The van der Waals surface area contributed by atoms with Crippen LogP contribution in [0.2, 0.25) is 0 Å². The molecule has 0 aliphatic rings. The molecule has 0 aromatic heterocycles. The average molecular weight is 753 g/mol. The molecule has 0 fully saturated rings. The fourth-order valence-corrected chi connectivity index (χ4v) is 4.56. The van der Waals surface area contributed by atoms with Crippen molar-refractivity contribution in [2.45, 2.75) is 215 Å². The van der Waals surface area contributed by atoms with Crippen LogP contribution < -0.4 is 0 Å². The molecule has 8 nitrogen and oxygen atoms in total. The van der Waals surface area contributed by atoms with Gasteiger partial charge in [-0.15, -0.1) is 0 Å². The van der Waals surface area contributed by atoms with Crippen LogP contribution in [0.1, 0.15) is 166 Å². The maximum absolute atomic E-state index is 9.06. The molecule has 8 heteroatoms. The highest BCUT2D eigenvalue weighted by Crippen LogP contribution is 2.32. The van der Waals surface area contributed by atoms with Crippen LogP contribution in [-0.2, 0) is 18.9 Å². The second kappa shape index (κ2) is 27.3. The van der Waals surface area contributed by atoms with Gasteiger partial charge in [-0.2, -0.15) is 0 Å². The van der Waals surface area contributed by atoms with Gasteiger partial charge in [0.05, 0.1) is 75.3 Å². The number of aliphatic hydroxyl groups excluding tert-OH is 4. The molecule has 0 bridgehead atoms. The molecule has 0 heterocycles. The average Bonchev–Trinajstić information content (AvgIpc) is 2.97. The standard InChI is InChI=1S/4C11H24O2/c4*1-8(12)7-13-10(3)9(2)11(4,5)6/h4*8-10,12H,7H2,1-6H3/t2*8-,9+,10-;2*8-,9-,10+/m1010/s1. The fourth-order valence-electron chi connectivity index (χ4n) is 4.56. The van der Waals surface area contributed by atoms with Crippen molar-refractivity contribution >= 4 is 0 Å². The van der Waals surface area contributed by atoms with E-state index in [2.05, 4.69) is 138 Å². The highest BCUT2D eigenvalue weighted by Gasteiger charge is 2.28. The topological polar surface area (TPSA) is 118 Å². The van der Waals surface area contributed by atoms with Crippen LogP contribution in [0, 0.1) is 45.3 Å². The molecule has 0 amide bonds. The van der Waals surface area contributed by atoms with Crippen molar-refractivity contribution in [2.24, 2.45) is 45.3 Å². The van der Waals surface area contributed by atoms with Crippen LogP contribution in [0.4, 0.5) is 0 Å². The van der Waals surface area contributed by atoms with E-state index in [1.807, 2.05) is 0 Å². The van der Waals surface area contributed by atoms with Gasteiger partial charge in [-0.25, -0.2) is 0 Å². The molecular formula is C44H96O8. The summed E-state index contributed by atoms with van der Waals surface area (Å²) < 4.78 is 22.2. The Bertz CT molecular complexity index is 678. The number of ether oxygens (including phenoxy) is 4. The van der Waals surface area contributed by atoms with E-state index in [4.69, 9.17) is 39.4 Å². The first-order valence-corrected chi connectivity index (χ1v) is 20.2. The van der Waals surface area contributed by atoms with Gasteiger partial charge in [0.2, 0.25) is 0 Å². The predicted octanol–water partition coefficient (Wildman–Crippen LogP) is 9.82. The molecule has 0 aliphatic carbocycles. The van der Waals surface area contributed by atoms with Gasteiger partial charge < -0.3 is 39.4 Å². The van der Waals surface area contributed by atoms with E-state index in [9.17, 15) is 0 Å². The molecule has 4 N–H and O–H groups in total. The molecule has 0 saturated carbocycles. The van der Waals surface area contributed by atoms with Gasteiger partial charge in [0, 0.05) is 0 Å². The van der Waals surface area contributed by atoms with Gasteiger partial charge in [0.1, 0.15) is 0 Å². The zero-order valence-corrected chi connectivity index (χ0v) is 39.2. The van der Waals surface area contributed by atoms with E-state index in [-0.39, 0.29) is 70.5 Å². The van der Waals surface area contributed by atoms with Gasteiger partial charge in [-0.1, -0.05) is 111 Å². The molecule has 0 unspecified atom stereocenters. The molecule has 0 radical (unpaired) electrons. The van der Waals surface area contributed by atoms with Crippen molar-refractivity contribution in [3.05, 3.63) is 0 Å². The molecule has 0 aromatic rings. The van der Waals surface area contributed by atoms with Crippen LogP contribution >= 0.6 is 0 Å². The molecule has 320 valence electrons. The van der Waals surface area contributed by atoms with Crippen LogP contribution in [0.25, 0.3) is 0 Å². The fraction of sp³-hybridized carbons (Fsp3) is 1.00. The highest BCUT2D eigenvalue weighted by molar-refractivity contribution is 4.77. The Kier molecular flexibility index (Phi) is 30.7. The van der Waals surface area contributed by atoms with E-state index in [1.165, 1.54) is 0 Å². The highest BCUT2D eigenvalue weighted by atomic mass is 16.5. The summed E-state index contributed by atoms with van der Waals surface area (Å²) in [4.78, 5) is 0. The van der Waals surface area contributed by atoms with Gasteiger partial charge in [-0.3, -0.25) is 0 Å². The molecule has 0 rings (SSSR count). The lowest BCUT2D eigenvalue weighted by atomic mass is 9.79. The predicted molar refractivity (Wildman–Crippen MR) is 223 cm³/mol. The number of aliphatic hydroxyl groups is 4. The van der Waals surface area contributed by atoms with Crippen LogP contribution in [-0.4, -0.2) is 95.7 Å². The lowest BCUT2D eigenvalue weighted by Gasteiger charge is -2.32. The minimum Gasteiger partial charge on any atom is -0.391 e. The molecular weight excluding hydrogens is 656 g/mol. The third-order valence-corrected chi connectivity index (χ3v) is 10.7. The summed E-state index contributed by atoms with van der Waals surface area (Å²) in [6, 6.07) is 0. The Morgan fingerprint density at radius 3 is 0.481 bits per heavy atom. The molecule has 0 aliphatic heterocycles. The quantitative estimate of drug-likeness (QED) is 0.123. The second-order valence-corrected chi connectivity index (χ2v) is 20.2. The summed E-state index contributed by atoms with van der Waals surface area (Å²) in [5, 5.41) is 36.2. The Morgan fingerprint density at radius 1 is 0.288 bits per heavy atom. The maximum atomic E-state index is 9.06. The minimum absolute atomic E-state index is 0.203. The van der Waals surface area contributed by atoms with Gasteiger partial charge in [-0.05, 0) is 101 Å². The lowest BCUT2D eigenvalue weighted by Crippen LogP contribution is -2.31. The molecule has 0 aromatic carbocycles. The van der Waals surface area contributed by atoms with Crippen molar-refractivity contribution in [1.82, 2.24) is 0 Å². The number of hydrogen-bond donors (Lipinski definition) is 4. The summed E-state index contributed by atoms with van der Waals surface area (Å²) in [6.45, 7) is 52.2. The summed E-state index contributed by atoms with van der Waals surface area (Å²) >= 11 is 0. The largest absolute Gasteiger partial charge is 0.391 e. The molecule has 0 saturated heterocycles. The lowest BCUT2D eigenvalue weighted by molar-refractivity contribution is -0.0398. The first-order chi connectivity index (χ1) is 23.0. The Balaban J connectivity index is -0.000000295. The van der Waals surface area contributed by atoms with Gasteiger partial charge >= 0.3 is 0 Å². The molecule has 12 atom stereocenters. The van der Waals surface area contributed by atoms with E-state index in [0.29, 0.717) is 50.1 Å². The molecule has 52 heavy (non-hydrogen) atoms. The zero-order chi connectivity index (χ0) is 42.6. The van der Waals surface area contributed by atoms with Crippen molar-refractivity contribution < 1.29 is 39.4 Å².